The number of primary sulfonamides is 1. The maximum Gasteiger partial charge on any atom is 0.433 e. The highest BCUT2D eigenvalue weighted by Gasteiger charge is 2.40. The Hall–Kier alpha value is -2.69. The van der Waals surface area contributed by atoms with E-state index in [1.807, 2.05) is 6.92 Å². The molecule has 0 amide bonds. The molecule has 10 heteroatoms. The van der Waals surface area contributed by atoms with Crippen LogP contribution in [0.25, 0.3) is 22.4 Å². The summed E-state index contributed by atoms with van der Waals surface area (Å²) in [6.45, 7) is 1.42. The molecule has 30 heavy (non-hydrogen) atoms. The van der Waals surface area contributed by atoms with Crippen LogP contribution in [0.1, 0.15) is 17.7 Å². The Kier molecular flexibility index (Phi) is 6.02. The van der Waals surface area contributed by atoms with Gasteiger partial charge in [-0.15, -0.1) is 0 Å². The number of nitrogens with two attached hydrogens (primary N) is 1. The number of halogens is 3. The minimum Gasteiger partial charge on any atom is -0.396 e. The number of rotatable bonds is 6. The first-order valence-corrected chi connectivity index (χ1v) is 10.6. The quantitative estimate of drug-likeness (QED) is 0.613. The molecule has 2 aromatic carbocycles. The minimum atomic E-state index is -4.69. The molecular formula is C20H20F3N3O3S. The lowest BCUT2D eigenvalue weighted by molar-refractivity contribution is -0.143. The van der Waals surface area contributed by atoms with E-state index in [1.165, 1.54) is 24.3 Å². The van der Waals surface area contributed by atoms with Crippen LogP contribution in [0.2, 0.25) is 0 Å². The number of hydrogen-bond donors (Lipinski definition) is 2. The Morgan fingerprint density at radius 1 is 1.03 bits per heavy atom. The van der Waals surface area contributed by atoms with E-state index in [2.05, 4.69) is 5.10 Å². The molecule has 3 rings (SSSR count). The zero-order chi connectivity index (χ0) is 22.1. The van der Waals surface area contributed by atoms with Crippen LogP contribution in [-0.4, -0.2) is 29.9 Å². The zero-order valence-corrected chi connectivity index (χ0v) is 16.8. The number of aromatic nitrogens is 2. The van der Waals surface area contributed by atoms with E-state index in [4.69, 9.17) is 10.2 Å². The fourth-order valence-electron chi connectivity index (χ4n) is 3.13. The molecule has 0 unspecified atom stereocenters. The molecule has 0 spiro atoms. The van der Waals surface area contributed by atoms with E-state index in [9.17, 15) is 21.6 Å². The van der Waals surface area contributed by atoms with E-state index in [0.717, 1.165) is 10.2 Å². The molecule has 6 nitrogen and oxygen atoms in total. The summed E-state index contributed by atoms with van der Waals surface area (Å²) in [6, 6.07) is 11.8. The van der Waals surface area contributed by atoms with Crippen molar-refractivity contribution in [3.05, 3.63) is 59.8 Å². The molecule has 3 N–H and O–H groups in total. The van der Waals surface area contributed by atoms with Gasteiger partial charge in [0.15, 0.2) is 5.69 Å². The lowest BCUT2D eigenvalue weighted by Gasteiger charge is -2.13. The Morgan fingerprint density at radius 3 is 2.10 bits per heavy atom. The van der Waals surface area contributed by atoms with Crippen LogP contribution >= 0.6 is 0 Å². The van der Waals surface area contributed by atoms with Crippen LogP contribution in [-0.2, 0) is 22.7 Å². The highest BCUT2D eigenvalue weighted by atomic mass is 32.2. The summed E-state index contributed by atoms with van der Waals surface area (Å²) in [5.74, 6) is 0. The lowest BCUT2D eigenvalue weighted by Crippen LogP contribution is -2.16. The van der Waals surface area contributed by atoms with Gasteiger partial charge in [0.25, 0.3) is 0 Å². The van der Waals surface area contributed by atoms with Gasteiger partial charge in [-0.25, -0.2) is 13.6 Å². The van der Waals surface area contributed by atoms with Gasteiger partial charge in [0.2, 0.25) is 10.0 Å². The van der Waals surface area contributed by atoms with Crippen molar-refractivity contribution >= 4 is 10.0 Å². The number of aliphatic hydroxyl groups excluding tert-OH is 1. The van der Waals surface area contributed by atoms with Crippen molar-refractivity contribution in [3.8, 4) is 22.4 Å². The SMILES string of the molecule is Cc1ccc(-c2c(-c3ccc(S(N)(=O)=O)cc3)nn(CCCO)c2C(F)(F)F)cc1. The molecule has 1 aromatic heterocycles. The molecule has 0 saturated heterocycles. The van der Waals surface area contributed by atoms with E-state index in [0.29, 0.717) is 11.1 Å². The summed E-state index contributed by atoms with van der Waals surface area (Å²) in [5, 5.41) is 18.4. The maximum atomic E-state index is 14.0. The first kappa shape index (κ1) is 22.0. The molecule has 0 bridgehead atoms. The molecule has 0 radical (unpaired) electrons. The van der Waals surface area contributed by atoms with Crippen molar-refractivity contribution in [2.45, 2.75) is 31.0 Å². The first-order valence-electron chi connectivity index (χ1n) is 9.01. The van der Waals surface area contributed by atoms with Crippen molar-refractivity contribution in [3.63, 3.8) is 0 Å². The van der Waals surface area contributed by atoms with Crippen LogP contribution < -0.4 is 5.14 Å². The fraction of sp³-hybridized carbons (Fsp3) is 0.250. The van der Waals surface area contributed by atoms with Crippen LogP contribution in [0.3, 0.4) is 0 Å². The second kappa shape index (κ2) is 8.21. The van der Waals surface area contributed by atoms with E-state index in [1.54, 1.807) is 24.3 Å². The average molecular weight is 439 g/mol. The average Bonchev–Trinajstić information content (AvgIpc) is 3.06. The number of aliphatic hydroxyl groups is 1. The lowest BCUT2D eigenvalue weighted by atomic mass is 9.98. The second-order valence-electron chi connectivity index (χ2n) is 6.81. The third-order valence-electron chi connectivity index (χ3n) is 4.55. The molecule has 0 atom stereocenters. The summed E-state index contributed by atoms with van der Waals surface area (Å²) < 4.78 is 65.9. The van der Waals surface area contributed by atoms with Gasteiger partial charge in [-0.3, -0.25) is 4.68 Å². The monoisotopic (exact) mass is 439 g/mol. The van der Waals surface area contributed by atoms with Gasteiger partial charge < -0.3 is 5.11 Å². The summed E-state index contributed by atoms with van der Waals surface area (Å²) in [5.41, 5.74) is 0.554. The van der Waals surface area contributed by atoms with Crippen molar-refractivity contribution < 1.29 is 26.7 Å². The Morgan fingerprint density at radius 2 is 1.60 bits per heavy atom. The van der Waals surface area contributed by atoms with Gasteiger partial charge >= 0.3 is 6.18 Å². The molecule has 0 saturated carbocycles. The molecule has 0 aliphatic carbocycles. The Bertz CT molecular complexity index is 1140. The smallest absolute Gasteiger partial charge is 0.396 e. The van der Waals surface area contributed by atoms with Gasteiger partial charge in [0, 0.05) is 24.3 Å². The Balaban J connectivity index is 2.28. The largest absolute Gasteiger partial charge is 0.433 e. The molecule has 0 aliphatic rings. The fourth-order valence-corrected chi connectivity index (χ4v) is 3.65. The van der Waals surface area contributed by atoms with Crippen LogP contribution in [0.5, 0.6) is 0 Å². The van der Waals surface area contributed by atoms with Crippen LogP contribution in [0.15, 0.2) is 53.4 Å². The second-order valence-corrected chi connectivity index (χ2v) is 8.37. The molecule has 0 fully saturated rings. The third kappa shape index (κ3) is 4.55. The van der Waals surface area contributed by atoms with Gasteiger partial charge in [-0.1, -0.05) is 42.0 Å². The van der Waals surface area contributed by atoms with Crippen LogP contribution in [0.4, 0.5) is 13.2 Å². The molecule has 160 valence electrons. The highest BCUT2D eigenvalue weighted by Crippen LogP contribution is 2.43. The number of benzene rings is 2. The molecule has 0 aliphatic heterocycles. The standard InChI is InChI=1S/C20H20F3N3O3S/c1-13-3-5-14(6-4-13)17-18(15-7-9-16(10-8-15)30(24,28)29)25-26(11-2-12-27)19(17)20(21,22)23/h3-10,27H,2,11-12H2,1H3,(H2,24,28,29). The van der Waals surface area contributed by atoms with Crippen molar-refractivity contribution in [2.75, 3.05) is 6.61 Å². The van der Waals surface area contributed by atoms with Gasteiger partial charge in [0.1, 0.15) is 5.69 Å². The number of nitrogens with zero attached hydrogens (tertiary/aromatic N) is 2. The van der Waals surface area contributed by atoms with Gasteiger partial charge in [0.05, 0.1) is 4.90 Å². The van der Waals surface area contributed by atoms with Crippen molar-refractivity contribution in [1.82, 2.24) is 9.78 Å². The number of hydrogen-bond acceptors (Lipinski definition) is 4. The van der Waals surface area contributed by atoms with Gasteiger partial charge in [-0.2, -0.15) is 18.3 Å². The van der Waals surface area contributed by atoms with Crippen molar-refractivity contribution in [2.24, 2.45) is 5.14 Å². The number of aryl methyl sites for hydroxylation is 2. The predicted molar refractivity (Wildman–Crippen MR) is 106 cm³/mol. The summed E-state index contributed by atoms with van der Waals surface area (Å²) >= 11 is 0. The summed E-state index contributed by atoms with van der Waals surface area (Å²) in [4.78, 5) is -0.154. The van der Waals surface area contributed by atoms with E-state index < -0.39 is 21.9 Å². The maximum absolute atomic E-state index is 14.0. The van der Waals surface area contributed by atoms with E-state index >= 15 is 0 Å². The first-order chi connectivity index (χ1) is 14.0. The van der Waals surface area contributed by atoms with Crippen LogP contribution in [0, 0.1) is 6.92 Å². The summed E-state index contributed by atoms with van der Waals surface area (Å²) in [7, 11) is -3.94. The van der Waals surface area contributed by atoms with Crippen molar-refractivity contribution in [1.29, 1.82) is 0 Å². The molecular weight excluding hydrogens is 419 g/mol. The van der Waals surface area contributed by atoms with E-state index in [-0.39, 0.29) is 35.7 Å². The number of sulfonamides is 1. The molecule has 3 aromatic rings. The Labute approximate surface area is 171 Å². The third-order valence-corrected chi connectivity index (χ3v) is 5.47. The zero-order valence-electron chi connectivity index (χ0n) is 16.0. The highest BCUT2D eigenvalue weighted by molar-refractivity contribution is 7.89. The number of alkyl halides is 3. The van der Waals surface area contributed by atoms with Gasteiger partial charge in [-0.05, 0) is 31.0 Å². The minimum absolute atomic E-state index is 0.0603. The predicted octanol–water partition coefficient (Wildman–Crippen LogP) is 3.57. The normalized spacial score (nSPS) is 12.3. The topological polar surface area (TPSA) is 98.2 Å². The molecule has 1 heterocycles. The summed E-state index contributed by atoms with van der Waals surface area (Å²) in [6.07, 6.45) is -4.59.